The van der Waals surface area contributed by atoms with Gasteiger partial charge in [-0.05, 0) is 25.1 Å². The fraction of sp³-hybridized carbons (Fsp3) is 0.143. The number of hydrogen-bond donors (Lipinski definition) is 0. The van der Waals surface area contributed by atoms with Crippen LogP contribution in [0.25, 0.3) is 16.2 Å². The molecule has 0 fully saturated rings. The third-order valence-corrected chi connectivity index (χ3v) is 4.42. The molecule has 0 bridgehead atoms. The number of thiazole rings is 1. The van der Waals surface area contributed by atoms with E-state index in [0.717, 1.165) is 26.8 Å². The van der Waals surface area contributed by atoms with Crippen molar-refractivity contribution >= 4 is 39.5 Å². The van der Waals surface area contributed by atoms with Gasteiger partial charge < -0.3 is 0 Å². The molecule has 3 aromatic rings. The normalized spacial score (nSPS) is 10.9. The summed E-state index contributed by atoms with van der Waals surface area (Å²) in [5.41, 5.74) is 2.41. The summed E-state index contributed by atoms with van der Waals surface area (Å²) in [5, 5.41) is 10.2. The lowest BCUT2D eigenvalue weighted by atomic mass is 10.1. The van der Waals surface area contributed by atoms with Gasteiger partial charge in [-0.3, -0.25) is 4.40 Å². The first-order chi connectivity index (χ1) is 9.60. The number of nitriles is 1. The second-order valence-electron chi connectivity index (χ2n) is 4.36. The second-order valence-corrected chi connectivity index (χ2v) is 6.42. The van der Waals surface area contributed by atoms with E-state index in [-0.39, 0.29) is 6.42 Å². The molecule has 0 saturated carbocycles. The molecule has 3 nitrogen and oxygen atoms in total. The molecule has 6 heteroatoms. The van der Waals surface area contributed by atoms with E-state index in [1.54, 1.807) is 23.5 Å². The molecular weight excluding hydrogens is 313 g/mol. The highest BCUT2D eigenvalue weighted by Crippen LogP contribution is 2.34. The Morgan fingerprint density at radius 2 is 2.20 bits per heavy atom. The first-order valence-electron chi connectivity index (χ1n) is 5.90. The van der Waals surface area contributed by atoms with Crippen LogP contribution in [0, 0.1) is 18.3 Å². The maximum atomic E-state index is 9.05. The molecule has 1 aromatic carbocycles. The van der Waals surface area contributed by atoms with Crippen LogP contribution in [-0.4, -0.2) is 9.38 Å². The zero-order valence-electron chi connectivity index (χ0n) is 10.5. The minimum absolute atomic E-state index is 0.283. The standard InChI is InChI=1S/C14H9Cl2N3S/c1-8-7-19-12(4-5-17)13(18-14(19)20-8)10-3-2-9(15)6-11(10)16/h2-3,6-7H,4H2,1H3. The van der Waals surface area contributed by atoms with Gasteiger partial charge in [0.15, 0.2) is 4.96 Å². The monoisotopic (exact) mass is 321 g/mol. The van der Waals surface area contributed by atoms with Crippen molar-refractivity contribution in [2.45, 2.75) is 13.3 Å². The maximum absolute atomic E-state index is 9.05. The van der Waals surface area contributed by atoms with Crippen LogP contribution < -0.4 is 0 Å². The molecule has 20 heavy (non-hydrogen) atoms. The van der Waals surface area contributed by atoms with E-state index in [9.17, 15) is 0 Å². The van der Waals surface area contributed by atoms with Gasteiger partial charge in [-0.1, -0.05) is 23.2 Å². The van der Waals surface area contributed by atoms with Crippen molar-refractivity contribution in [2.24, 2.45) is 0 Å². The molecule has 0 aliphatic carbocycles. The smallest absolute Gasteiger partial charge is 0.194 e. The summed E-state index contributed by atoms with van der Waals surface area (Å²) >= 11 is 13.8. The van der Waals surface area contributed by atoms with Crippen LogP contribution in [0.3, 0.4) is 0 Å². The first kappa shape index (κ1) is 13.4. The molecule has 0 saturated heterocycles. The van der Waals surface area contributed by atoms with Crippen molar-refractivity contribution in [1.29, 1.82) is 5.26 Å². The SMILES string of the molecule is Cc1cn2c(CC#N)c(-c3ccc(Cl)cc3Cl)nc2s1. The molecule has 0 unspecified atom stereocenters. The molecule has 0 atom stereocenters. The lowest BCUT2D eigenvalue weighted by Crippen LogP contribution is -1.92. The van der Waals surface area contributed by atoms with Crippen LogP contribution in [0.5, 0.6) is 0 Å². The third-order valence-electron chi connectivity index (χ3n) is 2.97. The number of aryl methyl sites for hydroxylation is 1. The summed E-state index contributed by atoms with van der Waals surface area (Å²) in [4.78, 5) is 6.64. The highest BCUT2D eigenvalue weighted by molar-refractivity contribution is 7.17. The van der Waals surface area contributed by atoms with Gasteiger partial charge in [0.05, 0.1) is 28.9 Å². The van der Waals surface area contributed by atoms with Crippen LogP contribution in [0.4, 0.5) is 0 Å². The van der Waals surface area contributed by atoms with Crippen molar-refractivity contribution in [1.82, 2.24) is 9.38 Å². The summed E-state index contributed by atoms with van der Waals surface area (Å²) in [5.74, 6) is 0. The lowest BCUT2D eigenvalue weighted by Gasteiger charge is -2.04. The van der Waals surface area contributed by atoms with Crippen LogP contribution >= 0.6 is 34.5 Å². The fourth-order valence-corrected chi connectivity index (χ4v) is 3.48. The average Bonchev–Trinajstić information content (AvgIpc) is 2.88. The number of halogens is 2. The Kier molecular flexibility index (Phi) is 3.43. The van der Waals surface area contributed by atoms with Gasteiger partial charge >= 0.3 is 0 Å². The zero-order valence-corrected chi connectivity index (χ0v) is 12.9. The van der Waals surface area contributed by atoms with Crippen LogP contribution in [0.1, 0.15) is 10.6 Å². The van der Waals surface area contributed by atoms with Crippen LogP contribution in [0.2, 0.25) is 10.0 Å². The number of benzene rings is 1. The Balaban J connectivity index is 2.27. The third kappa shape index (κ3) is 2.18. The minimum atomic E-state index is 0.283. The predicted octanol–water partition coefficient (Wildman–Crippen LogP) is 4.74. The van der Waals surface area contributed by atoms with E-state index in [0.29, 0.717) is 10.0 Å². The topological polar surface area (TPSA) is 41.1 Å². The molecule has 2 aromatic heterocycles. The summed E-state index contributed by atoms with van der Waals surface area (Å²) in [7, 11) is 0. The zero-order chi connectivity index (χ0) is 14.3. The summed E-state index contributed by atoms with van der Waals surface area (Å²) in [6, 6.07) is 7.49. The Labute approximate surface area is 130 Å². The molecule has 0 aliphatic rings. The van der Waals surface area contributed by atoms with Crippen molar-refractivity contribution in [2.75, 3.05) is 0 Å². The largest absolute Gasteiger partial charge is 0.293 e. The molecule has 0 radical (unpaired) electrons. The van der Waals surface area contributed by atoms with Gasteiger partial charge in [-0.15, -0.1) is 11.3 Å². The van der Waals surface area contributed by atoms with E-state index >= 15 is 0 Å². The molecule has 100 valence electrons. The van der Waals surface area contributed by atoms with Gasteiger partial charge in [-0.25, -0.2) is 4.98 Å². The molecular formula is C14H9Cl2N3S. The summed E-state index contributed by atoms with van der Waals surface area (Å²) in [6.07, 6.45) is 2.28. The van der Waals surface area contributed by atoms with E-state index < -0.39 is 0 Å². The first-order valence-corrected chi connectivity index (χ1v) is 7.47. The van der Waals surface area contributed by atoms with Crippen molar-refractivity contribution < 1.29 is 0 Å². The van der Waals surface area contributed by atoms with Crippen LogP contribution in [0.15, 0.2) is 24.4 Å². The minimum Gasteiger partial charge on any atom is -0.293 e. The van der Waals surface area contributed by atoms with Gasteiger partial charge in [0.2, 0.25) is 0 Å². The summed E-state index contributed by atoms with van der Waals surface area (Å²) in [6.45, 7) is 2.02. The number of hydrogen-bond acceptors (Lipinski definition) is 3. The molecule has 3 rings (SSSR count). The van der Waals surface area contributed by atoms with Crippen LogP contribution in [-0.2, 0) is 6.42 Å². The average molecular weight is 322 g/mol. The van der Waals surface area contributed by atoms with E-state index in [2.05, 4.69) is 11.1 Å². The molecule has 2 heterocycles. The Morgan fingerprint density at radius 1 is 1.40 bits per heavy atom. The van der Waals surface area contributed by atoms with Crippen molar-refractivity contribution in [3.05, 3.63) is 45.0 Å². The lowest BCUT2D eigenvalue weighted by molar-refractivity contribution is 1.07. The Bertz CT molecular complexity index is 842. The number of aromatic nitrogens is 2. The van der Waals surface area contributed by atoms with E-state index in [4.69, 9.17) is 28.5 Å². The van der Waals surface area contributed by atoms with Crippen molar-refractivity contribution in [3.8, 4) is 17.3 Å². The van der Waals surface area contributed by atoms with Gasteiger partial charge in [-0.2, -0.15) is 5.26 Å². The summed E-state index contributed by atoms with van der Waals surface area (Å²) < 4.78 is 1.96. The molecule has 0 aliphatic heterocycles. The van der Waals surface area contributed by atoms with Gasteiger partial charge in [0, 0.05) is 21.7 Å². The molecule has 0 spiro atoms. The predicted molar refractivity (Wildman–Crippen MR) is 82.6 cm³/mol. The quantitative estimate of drug-likeness (QED) is 0.683. The number of nitrogens with zero attached hydrogens (tertiary/aromatic N) is 3. The van der Waals surface area contributed by atoms with Gasteiger partial charge in [0.25, 0.3) is 0 Å². The van der Waals surface area contributed by atoms with Crippen molar-refractivity contribution in [3.63, 3.8) is 0 Å². The molecule has 0 amide bonds. The van der Waals surface area contributed by atoms with E-state index in [1.807, 2.05) is 23.6 Å². The fourth-order valence-electron chi connectivity index (χ4n) is 2.14. The number of fused-ring (bicyclic) bond motifs is 1. The Hall–Kier alpha value is -1.54. The number of rotatable bonds is 2. The number of imidazole rings is 1. The highest BCUT2D eigenvalue weighted by Gasteiger charge is 2.17. The second kappa shape index (κ2) is 5.10. The molecule has 0 N–H and O–H groups in total. The van der Waals surface area contributed by atoms with Gasteiger partial charge in [0.1, 0.15) is 0 Å². The Morgan fingerprint density at radius 3 is 2.90 bits per heavy atom. The highest BCUT2D eigenvalue weighted by atomic mass is 35.5. The van der Waals surface area contributed by atoms with E-state index in [1.165, 1.54) is 0 Å². The maximum Gasteiger partial charge on any atom is 0.194 e.